The van der Waals surface area contributed by atoms with Crippen LogP contribution in [0.2, 0.25) is 0 Å². The summed E-state index contributed by atoms with van der Waals surface area (Å²) >= 11 is 0. The molecule has 0 aliphatic carbocycles. The van der Waals surface area contributed by atoms with E-state index in [1.54, 1.807) is 7.11 Å². The highest BCUT2D eigenvalue weighted by atomic mass is 16.5. The van der Waals surface area contributed by atoms with Crippen molar-refractivity contribution in [3.63, 3.8) is 0 Å². The fraction of sp³-hybridized carbons (Fsp3) is 0.429. The lowest BCUT2D eigenvalue weighted by atomic mass is 10.0. The van der Waals surface area contributed by atoms with Crippen molar-refractivity contribution in [1.82, 2.24) is 5.32 Å². The number of aryl methyl sites for hydroxylation is 1. The Bertz CT molecular complexity index is 647. The fourth-order valence-electron chi connectivity index (χ4n) is 2.32. The van der Waals surface area contributed by atoms with Crippen LogP contribution in [0.5, 0.6) is 11.5 Å². The molecule has 0 atom stereocenters. The van der Waals surface area contributed by atoms with E-state index in [9.17, 15) is 0 Å². The van der Waals surface area contributed by atoms with Crippen LogP contribution in [-0.2, 0) is 13.2 Å². The summed E-state index contributed by atoms with van der Waals surface area (Å²) in [4.78, 5) is 0. The minimum Gasteiger partial charge on any atom is -0.493 e. The molecule has 0 saturated heterocycles. The highest BCUT2D eigenvalue weighted by molar-refractivity contribution is 5.46. The number of para-hydroxylation sites is 1. The Hall–Kier alpha value is -2.00. The number of rotatable bonds is 8. The zero-order valence-electron chi connectivity index (χ0n) is 15.5. The van der Waals surface area contributed by atoms with Gasteiger partial charge in [0.1, 0.15) is 6.61 Å². The first-order valence-electron chi connectivity index (χ1n) is 8.54. The molecule has 0 spiro atoms. The van der Waals surface area contributed by atoms with E-state index in [0.29, 0.717) is 6.61 Å². The Balaban J connectivity index is 2.15. The second-order valence-electron chi connectivity index (χ2n) is 6.81. The first-order chi connectivity index (χ1) is 11.4. The highest BCUT2D eigenvalue weighted by Gasteiger charge is 2.16. The third-order valence-electron chi connectivity index (χ3n) is 4.43. The first-order valence-corrected chi connectivity index (χ1v) is 8.54. The molecule has 0 aliphatic rings. The van der Waals surface area contributed by atoms with Gasteiger partial charge in [0.15, 0.2) is 11.5 Å². The molecule has 0 amide bonds. The zero-order chi connectivity index (χ0) is 17.6. The SMILES string of the molecule is CCC(C)(C)NCc1cccc(OC)c1OCc1ccc(C)cc1. The van der Waals surface area contributed by atoms with Crippen molar-refractivity contribution >= 4 is 0 Å². The van der Waals surface area contributed by atoms with E-state index in [1.165, 1.54) is 5.56 Å². The molecular weight excluding hydrogens is 298 g/mol. The van der Waals surface area contributed by atoms with Gasteiger partial charge in [-0.05, 0) is 38.8 Å². The van der Waals surface area contributed by atoms with Gasteiger partial charge in [-0.25, -0.2) is 0 Å². The van der Waals surface area contributed by atoms with Gasteiger partial charge in [0.25, 0.3) is 0 Å². The van der Waals surface area contributed by atoms with Crippen LogP contribution in [-0.4, -0.2) is 12.6 Å². The van der Waals surface area contributed by atoms with Gasteiger partial charge in [-0.2, -0.15) is 0 Å². The molecule has 0 aliphatic heterocycles. The monoisotopic (exact) mass is 327 g/mol. The van der Waals surface area contributed by atoms with Crippen molar-refractivity contribution in [1.29, 1.82) is 0 Å². The van der Waals surface area contributed by atoms with Crippen molar-refractivity contribution in [3.8, 4) is 11.5 Å². The summed E-state index contributed by atoms with van der Waals surface area (Å²) in [5.41, 5.74) is 3.61. The molecule has 0 saturated carbocycles. The predicted octanol–water partition coefficient (Wildman–Crippen LogP) is 4.86. The maximum atomic E-state index is 6.12. The van der Waals surface area contributed by atoms with Gasteiger partial charge in [-0.1, -0.05) is 48.9 Å². The smallest absolute Gasteiger partial charge is 0.166 e. The maximum absolute atomic E-state index is 6.12. The third-order valence-corrected chi connectivity index (χ3v) is 4.43. The van der Waals surface area contributed by atoms with E-state index < -0.39 is 0 Å². The summed E-state index contributed by atoms with van der Waals surface area (Å²) in [5.74, 6) is 1.59. The summed E-state index contributed by atoms with van der Waals surface area (Å²) in [5, 5.41) is 3.59. The highest BCUT2D eigenvalue weighted by Crippen LogP contribution is 2.32. The van der Waals surface area contributed by atoms with Crippen LogP contribution in [0.4, 0.5) is 0 Å². The molecule has 3 nitrogen and oxygen atoms in total. The van der Waals surface area contributed by atoms with E-state index in [0.717, 1.165) is 35.6 Å². The van der Waals surface area contributed by atoms with Crippen LogP contribution in [0, 0.1) is 6.92 Å². The quantitative estimate of drug-likeness (QED) is 0.751. The van der Waals surface area contributed by atoms with Crippen molar-refractivity contribution in [2.75, 3.05) is 7.11 Å². The Kier molecular flexibility index (Phi) is 6.27. The van der Waals surface area contributed by atoms with Crippen LogP contribution in [0.25, 0.3) is 0 Å². The lowest BCUT2D eigenvalue weighted by Crippen LogP contribution is -2.37. The second kappa shape index (κ2) is 8.20. The topological polar surface area (TPSA) is 30.5 Å². The number of benzene rings is 2. The molecule has 1 N–H and O–H groups in total. The molecular formula is C21H29NO2. The number of methoxy groups -OCH3 is 1. The minimum atomic E-state index is 0.0945. The van der Waals surface area contributed by atoms with E-state index in [4.69, 9.17) is 9.47 Å². The molecule has 2 rings (SSSR count). The number of ether oxygens (including phenoxy) is 2. The molecule has 0 radical (unpaired) electrons. The molecule has 0 fully saturated rings. The van der Waals surface area contributed by atoms with Crippen molar-refractivity contribution < 1.29 is 9.47 Å². The molecule has 2 aromatic carbocycles. The normalized spacial score (nSPS) is 11.4. The molecule has 130 valence electrons. The van der Waals surface area contributed by atoms with E-state index >= 15 is 0 Å². The summed E-state index contributed by atoms with van der Waals surface area (Å²) < 4.78 is 11.6. The Morgan fingerprint density at radius 1 is 1.04 bits per heavy atom. The predicted molar refractivity (Wildman–Crippen MR) is 99.7 cm³/mol. The van der Waals surface area contributed by atoms with Gasteiger partial charge in [-0.15, -0.1) is 0 Å². The van der Waals surface area contributed by atoms with E-state index in [1.807, 2.05) is 12.1 Å². The van der Waals surface area contributed by atoms with E-state index in [2.05, 4.69) is 63.3 Å². The standard InChI is InChI=1S/C21H29NO2/c1-6-21(3,4)22-14-18-8-7-9-19(23-5)20(18)24-15-17-12-10-16(2)11-13-17/h7-13,22H,6,14-15H2,1-5H3. The van der Waals surface area contributed by atoms with Crippen molar-refractivity contribution in [2.45, 2.75) is 52.8 Å². The lowest BCUT2D eigenvalue weighted by Gasteiger charge is -2.25. The molecule has 0 bridgehead atoms. The van der Waals surface area contributed by atoms with E-state index in [-0.39, 0.29) is 5.54 Å². The zero-order valence-corrected chi connectivity index (χ0v) is 15.5. The van der Waals surface area contributed by atoms with Crippen LogP contribution in [0.1, 0.15) is 43.9 Å². The summed E-state index contributed by atoms with van der Waals surface area (Å²) in [6.07, 6.45) is 1.07. The van der Waals surface area contributed by atoms with Crippen LogP contribution in [0.15, 0.2) is 42.5 Å². The Morgan fingerprint density at radius 3 is 2.38 bits per heavy atom. The third kappa shape index (κ3) is 5.00. The lowest BCUT2D eigenvalue weighted by molar-refractivity contribution is 0.278. The molecule has 0 aromatic heterocycles. The van der Waals surface area contributed by atoms with Gasteiger partial charge < -0.3 is 14.8 Å². The number of hydrogen-bond donors (Lipinski definition) is 1. The van der Waals surface area contributed by atoms with Gasteiger partial charge in [-0.3, -0.25) is 0 Å². The minimum absolute atomic E-state index is 0.0945. The molecule has 2 aromatic rings. The average Bonchev–Trinajstić information content (AvgIpc) is 2.59. The Morgan fingerprint density at radius 2 is 1.75 bits per heavy atom. The molecule has 0 heterocycles. The van der Waals surface area contributed by atoms with Gasteiger partial charge >= 0.3 is 0 Å². The van der Waals surface area contributed by atoms with Crippen LogP contribution >= 0.6 is 0 Å². The molecule has 24 heavy (non-hydrogen) atoms. The average molecular weight is 327 g/mol. The van der Waals surface area contributed by atoms with Crippen LogP contribution in [0.3, 0.4) is 0 Å². The summed E-state index contributed by atoms with van der Waals surface area (Å²) in [7, 11) is 1.68. The van der Waals surface area contributed by atoms with Gasteiger partial charge in [0, 0.05) is 17.6 Å². The maximum Gasteiger partial charge on any atom is 0.166 e. The number of hydrogen-bond acceptors (Lipinski definition) is 3. The van der Waals surface area contributed by atoms with Gasteiger partial charge in [0.2, 0.25) is 0 Å². The Labute approximate surface area is 146 Å². The summed E-state index contributed by atoms with van der Waals surface area (Å²) in [6.45, 7) is 9.98. The molecule has 0 unspecified atom stereocenters. The first kappa shape index (κ1) is 18.3. The second-order valence-corrected chi connectivity index (χ2v) is 6.81. The summed E-state index contributed by atoms with van der Waals surface area (Å²) in [6, 6.07) is 14.4. The fourth-order valence-corrected chi connectivity index (χ4v) is 2.32. The largest absolute Gasteiger partial charge is 0.493 e. The van der Waals surface area contributed by atoms with Crippen molar-refractivity contribution in [2.24, 2.45) is 0 Å². The number of nitrogens with one attached hydrogen (secondary N) is 1. The van der Waals surface area contributed by atoms with Crippen LogP contribution < -0.4 is 14.8 Å². The van der Waals surface area contributed by atoms with Crippen molar-refractivity contribution in [3.05, 3.63) is 59.2 Å². The van der Waals surface area contributed by atoms with Gasteiger partial charge in [0.05, 0.1) is 7.11 Å². The molecule has 3 heteroatoms.